The minimum Gasteiger partial charge on any atom is -0.345 e. The zero-order chi connectivity index (χ0) is 15.4. The van der Waals surface area contributed by atoms with Crippen molar-refractivity contribution in [2.45, 2.75) is 26.8 Å². The zero-order valence-corrected chi connectivity index (χ0v) is 14.0. The molecule has 0 aliphatic heterocycles. The average molecular weight is 314 g/mol. The van der Waals surface area contributed by atoms with Crippen LogP contribution in [-0.4, -0.2) is 36.9 Å². The van der Waals surface area contributed by atoms with Gasteiger partial charge >= 0.3 is 0 Å². The third kappa shape index (κ3) is 5.02. The normalized spacial score (nSPS) is 12.9. The van der Waals surface area contributed by atoms with Crippen LogP contribution in [0.1, 0.15) is 29.8 Å². The highest BCUT2D eigenvalue weighted by atomic mass is 35.5. The number of aryl methyl sites for hydroxylation is 1. The number of halogens is 1. The van der Waals surface area contributed by atoms with Gasteiger partial charge in [0.25, 0.3) is 5.91 Å². The van der Waals surface area contributed by atoms with Crippen LogP contribution in [0.4, 0.5) is 5.69 Å². The molecule has 118 valence electrons. The molecule has 0 saturated heterocycles. The Labute approximate surface area is 132 Å². The minimum absolute atomic E-state index is 0. The van der Waals surface area contributed by atoms with Crippen molar-refractivity contribution < 1.29 is 9.59 Å². The summed E-state index contributed by atoms with van der Waals surface area (Å²) < 4.78 is 0. The molecule has 0 aromatic heterocycles. The van der Waals surface area contributed by atoms with Crippen molar-refractivity contribution in [3.8, 4) is 0 Å². The van der Waals surface area contributed by atoms with Gasteiger partial charge < -0.3 is 16.0 Å². The summed E-state index contributed by atoms with van der Waals surface area (Å²) in [5.74, 6) is -0.436. The Morgan fingerprint density at radius 2 is 1.81 bits per heavy atom. The molecule has 1 rings (SSSR count). The van der Waals surface area contributed by atoms with Crippen molar-refractivity contribution in [3.63, 3.8) is 0 Å². The quantitative estimate of drug-likeness (QED) is 0.893. The molecule has 1 aromatic rings. The van der Waals surface area contributed by atoms with Gasteiger partial charge in [-0.25, -0.2) is 0 Å². The number of hydrogen-bond acceptors (Lipinski definition) is 3. The van der Waals surface area contributed by atoms with Gasteiger partial charge in [-0.3, -0.25) is 9.59 Å². The molecule has 2 atom stereocenters. The minimum atomic E-state index is -0.265. The van der Waals surface area contributed by atoms with E-state index in [-0.39, 0.29) is 36.2 Å². The van der Waals surface area contributed by atoms with Crippen LogP contribution < -0.4 is 11.1 Å². The van der Waals surface area contributed by atoms with E-state index in [9.17, 15) is 9.59 Å². The van der Waals surface area contributed by atoms with Crippen LogP contribution in [0.2, 0.25) is 0 Å². The monoisotopic (exact) mass is 313 g/mol. The molecule has 1 aromatic carbocycles. The van der Waals surface area contributed by atoms with Crippen molar-refractivity contribution in [2.24, 2.45) is 11.7 Å². The molecule has 0 radical (unpaired) electrons. The number of anilines is 1. The van der Waals surface area contributed by atoms with Gasteiger partial charge in [0, 0.05) is 31.4 Å². The van der Waals surface area contributed by atoms with E-state index in [0.29, 0.717) is 11.3 Å². The van der Waals surface area contributed by atoms with E-state index >= 15 is 0 Å². The van der Waals surface area contributed by atoms with Crippen LogP contribution in [0.15, 0.2) is 18.2 Å². The third-order valence-electron chi connectivity index (χ3n) is 3.33. The lowest BCUT2D eigenvalue weighted by molar-refractivity contribution is -0.119. The molecule has 6 heteroatoms. The number of benzene rings is 1. The molecule has 2 amide bonds. The number of carbonyl (C=O) groups excluding carboxylic acids is 2. The van der Waals surface area contributed by atoms with E-state index in [1.807, 2.05) is 6.92 Å². The van der Waals surface area contributed by atoms with Crippen molar-refractivity contribution in [2.75, 3.05) is 19.4 Å². The number of rotatable bonds is 4. The maximum absolute atomic E-state index is 11.9. The lowest BCUT2D eigenvalue weighted by atomic mass is 10.0. The van der Waals surface area contributed by atoms with Gasteiger partial charge in [-0.15, -0.1) is 12.4 Å². The first-order chi connectivity index (χ1) is 9.23. The highest BCUT2D eigenvalue weighted by Crippen LogP contribution is 2.17. The first kappa shape index (κ1) is 19.4. The average Bonchev–Trinajstić information content (AvgIpc) is 2.36. The van der Waals surface area contributed by atoms with Crippen LogP contribution in [0, 0.1) is 12.8 Å². The summed E-state index contributed by atoms with van der Waals surface area (Å²) in [5.41, 5.74) is 7.84. The Morgan fingerprint density at radius 3 is 2.24 bits per heavy atom. The molecule has 0 saturated carbocycles. The largest absolute Gasteiger partial charge is 0.345 e. The number of amides is 2. The second-order valence-electron chi connectivity index (χ2n) is 5.37. The van der Waals surface area contributed by atoms with E-state index in [4.69, 9.17) is 5.73 Å². The van der Waals surface area contributed by atoms with Gasteiger partial charge in [-0.1, -0.05) is 6.92 Å². The number of hydrogen-bond donors (Lipinski definition) is 2. The fourth-order valence-electron chi connectivity index (χ4n) is 1.72. The van der Waals surface area contributed by atoms with Crippen molar-refractivity contribution in [1.82, 2.24) is 4.90 Å². The van der Waals surface area contributed by atoms with Gasteiger partial charge in [0.15, 0.2) is 0 Å². The lowest BCUT2D eigenvalue weighted by Gasteiger charge is -2.17. The summed E-state index contributed by atoms with van der Waals surface area (Å²) in [5, 5.41) is 2.82. The molecule has 0 fully saturated rings. The zero-order valence-electron chi connectivity index (χ0n) is 13.1. The Hall–Kier alpha value is -1.59. The van der Waals surface area contributed by atoms with Gasteiger partial charge in [0.1, 0.15) is 0 Å². The SMILES string of the molecule is Cc1cc(NC(=O)C(C)C(C)N)ccc1C(=O)N(C)C.Cl. The van der Waals surface area contributed by atoms with Crippen molar-refractivity contribution in [3.05, 3.63) is 29.3 Å². The van der Waals surface area contributed by atoms with Gasteiger partial charge in [-0.2, -0.15) is 0 Å². The standard InChI is InChI=1S/C15H23N3O2.ClH/c1-9-8-12(17-14(19)10(2)11(3)16)6-7-13(9)15(20)18(4)5;/h6-8,10-11H,16H2,1-5H3,(H,17,19);1H. The van der Waals surface area contributed by atoms with Crippen LogP contribution in [0.25, 0.3) is 0 Å². The first-order valence-electron chi connectivity index (χ1n) is 6.62. The maximum atomic E-state index is 11.9. The summed E-state index contributed by atoms with van der Waals surface area (Å²) in [6.45, 7) is 5.44. The summed E-state index contributed by atoms with van der Waals surface area (Å²) in [4.78, 5) is 25.4. The van der Waals surface area contributed by atoms with E-state index < -0.39 is 0 Å². The smallest absolute Gasteiger partial charge is 0.253 e. The fourth-order valence-corrected chi connectivity index (χ4v) is 1.72. The molecule has 21 heavy (non-hydrogen) atoms. The van der Waals surface area contributed by atoms with Gasteiger partial charge in [-0.05, 0) is 37.6 Å². The molecule has 5 nitrogen and oxygen atoms in total. The van der Waals surface area contributed by atoms with Crippen LogP contribution in [0.3, 0.4) is 0 Å². The molecular weight excluding hydrogens is 290 g/mol. The summed E-state index contributed by atoms with van der Waals surface area (Å²) in [7, 11) is 3.42. The number of nitrogens with zero attached hydrogens (tertiary/aromatic N) is 1. The summed E-state index contributed by atoms with van der Waals surface area (Å²) in [6.07, 6.45) is 0. The summed E-state index contributed by atoms with van der Waals surface area (Å²) in [6, 6.07) is 5.05. The second kappa shape index (κ2) is 8.00. The number of carbonyl (C=O) groups is 2. The van der Waals surface area contributed by atoms with Crippen LogP contribution in [-0.2, 0) is 4.79 Å². The first-order valence-corrected chi connectivity index (χ1v) is 6.62. The predicted octanol–water partition coefficient (Wildman–Crippen LogP) is 2.04. The maximum Gasteiger partial charge on any atom is 0.253 e. The Kier molecular flexibility index (Phi) is 7.39. The van der Waals surface area contributed by atoms with Crippen LogP contribution in [0.5, 0.6) is 0 Å². The van der Waals surface area contributed by atoms with Crippen molar-refractivity contribution in [1.29, 1.82) is 0 Å². The molecule has 2 unspecified atom stereocenters. The van der Waals surface area contributed by atoms with Gasteiger partial charge in [0.05, 0.1) is 5.92 Å². The molecule has 0 bridgehead atoms. The Morgan fingerprint density at radius 1 is 1.24 bits per heavy atom. The molecular formula is C15H24ClN3O2. The fraction of sp³-hybridized carbons (Fsp3) is 0.467. The molecule has 0 aliphatic carbocycles. The molecule has 0 aliphatic rings. The molecule has 3 N–H and O–H groups in total. The lowest BCUT2D eigenvalue weighted by Crippen LogP contribution is -2.34. The second-order valence-corrected chi connectivity index (χ2v) is 5.37. The summed E-state index contributed by atoms with van der Waals surface area (Å²) >= 11 is 0. The van der Waals surface area contributed by atoms with E-state index in [1.54, 1.807) is 46.1 Å². The molecule has 0 spiro atoms. The third-order valence-corrected chi connectivity index (χ3v) is 3.33. The predicted molar refractivity (Wildman–Crippen MR) is 87.9 cm³/mol. The van der Waals surface area contributed by atoms with E-state index in [1.165, 1.54) is 4.90 Å². The van der Waals surface area contributed by atoms with Crippen molar-refractivity contribution >= 4 is 29.9 Å². The number of nitrogens with two attached hydrogens (primary N) is 1. The Bertz CT molecular complexity index is 516. The topological polar surface area (TPSA) is 75.4 Å². The van der Waals surface area contributed by atoms with E-state index in [2.05, 4.69) is 5.32 Å². The van der Waals surface area contributed by atoms with E-state index in [0.717, 1.165) is 5.56 Å². The highest BCUT2D eigenvalue weighted by molar-refractivity contribution is 5.97. The van der Waals surface area contributed by atoms with Gasteiger partial charge in [0.2, 0.25) is 5.91 Å². The molecule has 0 heterocycles. The highest BCUT2D eigenvalue weighted by Gasteiger charge is 2.18. The Balaban J connectivity index is 0.00000400. The number of nitrogens with one attached hydrogen (secondary N) is 1. The van der Waals surface area contributed by atoms with Crippen LogP contribution >= 0.6 is 12.4 Å².